The minimum absolute atomic E-state index is 0.551. The molecule has 0 N–H and O–H groups in total. The van der Waals surface area contributed by atoms with Crippen molar-refractivity contribution in [3.63, 3.8) is 0 Å². The second kappa shape index (κ2) is 5.59. The average molecular weight is 204 g/mol. The van der Waals surface area contributed by atoms with Crippen LogP contribution in [0.1, 0.15) is 37.8 Å². The molecule has 1 heteroatoms. The lowest BCUT2D eigenvalue weighted by atomic mass is 10.0. The van der Waals surface area contributed by atoms with Gasteiger partial charge < -0.3 is 4.74 Å². The Bertz CT molecular complexity index is 337. The van der Waals surface area contributed by atoms with Gasteiger partial charge in [0.25, 0.3) is 0 Å². The van der Waals surface area contributed by atoms with E-state index in [2.05, 4.69) is 39.0 Å². The van der Waals surface area contributed by atoms with E-state index in [4.69, 9.17) is 4.74 Å². The highest BCUT2D eigenvalue weighted by Crippen LogP contribution is 2.24. The molecule has 0 spiro atoms. The maximum absolute atomic E-state index is 5.68. The minimum atomic E-state index is 0.551. The van der Waals surface area contributed by atoms with Gasteiger partial charge in [-0.15, -0.1) is 0 Å². The summed E-state index contributed by atoms with van der Waals surface area (Å²) < 4.78 is 5.68. The molecule has 0 heterocycles. The van der Waals surface area contributed by atoms with Gasteiger partial charge in [0.2, 0.25) is 0 Å². The van der Waals surface area contributed by atoms with Crippen LogP contribution in [0.25, 0.3) is 0 Å². The number of rotatable bonds is 4. The topological polar surface area (TPSA) is 9.23 Å². The number of benzene rings is 1. The van der Waals surface area contributed by atoms with E-state index in [1.807, 2.05) is 19.1 Å². The van der Waals surface area contributed by atoms with Crippen molar-refractivity contribution >= 4 is 0 Å². The van der Waals surface area contributed by atoms with Gasteiger partial charge in [0.15, 0.2) is 0 Å². The lowest BCUT2D eigenvalue weighted by Crippen LogP contribution is -1.97. The van der Waals surface area contributed by atoms with Crippen LogP contribution >= 0.6 is 0 Å². The highest BCUT2D eigenvalue weighted by Gasteiger charge is 2.03. The van der Waals surface area contributed by atoms with Crippen molar-refractivity contribution < 1.29 is 4.74 Å². The summed E-state index contributed by atoms with van der Waals surface area (Å²) in [6.45, 7) is 9.12. The molecule has 0 saturated heterocycles. The lowest BCUT2D eigenvalue weighted by Gasteiger charge is -2.11. The molecule has 0 atom stereocenters. The Balaban J connectivity index is 2.80. The first kappa shape index (κ1) is 11.8. The zero-order valence-electron chi connectivity index (χ0n) is 10.1. The van der Waals surface area contributed by atoms with Crippen molar-refractivity contribution in [2.45, 2.75) is 33.6 Å². The van der Waals surface area contributed by atoms with E-state index in [1.165, 1.54) is 11.1 Å². The molecule has 1 nitrogen and oxygen atoms in total. The first-order valence-electron chi connectivity index (χ1n) is 5.49. The largest absolute Gasteiger partial charge is 0.489 e. The van der Waals surface area contributed by atoms with Crippen molar-refractivity contribution in [1.29, 1.82) is 0 Å². The summed E-state index contributed by atoms with van der Waals surface area (Å²) in [6, 6.07) is 6.44. The van der Waals surface area contributed by atoms with E-state index in [1.54, 1.807) is 0 Å². The third-order valence-electron chi connectivity index (χ3n) is 2.45. The first-order chi connectivity index (χ1) is 7.15. The quantitative estimate of drug-likeness (QED) is 0.672. The summed E-state index contributed by atoms with van der Waals surface area (Å²) in [5, 5.41) is 0. The van der Waals surface area contributed by atoms with Crippen LogP contribution in [0.5, 0.6) is 5.75 Å². The van der Waals surface area contributed by atoms with Gasteiger partial charge in [0, 0.05) is 0 Å². The van der Waals surface area contributed by atoms with E-state index < -0.39 is 0 Å². The van der Waals surface area contributed by atoms with E-state index in [-0.39, 0.29) is 0 Å². The Kier molecular flexibility index (Phi) is 4.41. The molecule has 0 amide bonds. The predicted molar refractivity (Wildman–Crippen MR) is 65.6 cm³/mol. The van der Waals surface area contributed by atoms with E-state index in [0.29, 0.717) is 12.5 Å². The minimum Gasteiger partial charge on any atom is -0.489 e. The highest BCUT2D eigenvalue weighted by atomic mass is 16.5. The summed E-state index contributed by atoms with van der Waals surface area (Å²) in [6.07, 6.45) is 4.02. The average Bonchev–Trinajstić information content (AvgIpc) is 2.20. The van der Waals surface area contributed by atoms with Crippen molar-refractivity contribution in [1.82, 2.24) is 0 Å². The van der Waals surface area contributed by atoms with Gasteiger partial charge in [-0.05, 0) is 37.0 Å². The third-order valence-corrected chi connectivity index (χ3v) is 2.45. The SMILES string of the molecule is C/C=C/COc1cc(C(C)C)ccc1C. The smallest absolute Gasteiger partial charge is 0.122 e. The maximum atomic E-state index is 5.68. The fraction of sp³-hybridized carbons (Fsp3) is 0.429. The Morgan fingerprint density at radius 3 is 2.67 bits per heavy atom. The molecule has 0 radical (unpaired) electrons. The van der Waals surface area contributed by atoms with Gasteiger partial charge in [-0.25, -0.2) is 0 Å². The highest BCUT2D eigenvalue weighted by molar-refractivity contribution is 5.37. The number of hydrogen-bond acceptors (Lipinski definition) is 1. The Labute approximate surface area is 92.8 Å². The number of aryl methyl sites for hydroxylation is 1. The number of hydrogen-bond donors (Lipinski definition) is 0. The van der Waals surface area contributed by atoms with Gasteiger partial charge in [-0.2, -0.15) is 0 Å². The third kappa shape index (κ3) is 3.43. The molecule has 0 unspecified atom stereocenters. The second-order valence-electron chi connectivity index (χ2n) is 4.06. The Hall–Kier alpha value is -1.24. The fourth-order valence-corrected chi connectivity index (χ4v) is 1.37. The molecule has 1 aromatic rings. The lowest BCUT2D eigenvalue weighted by molar-refractivity contribution is 0.359. The molecule has 1 rings (SSSR count). The molecule has 0 aliphatic rings. The van der Waals surface area contributed by atoms with Gasteiger partial charge in [-0.3, -0.25) is 0 Å². The van der Waals surface area contributed by atoms with Crippen LogP contribution < -0.4 is 4.74 Å². The van der Waals surface area contributed by atoms with E-state index >= 15 is 0 Å². The van der Waals surface area contributed by atoms with Gasteiger partial charge in [0.1, 0.15) is 12.4 Å². The summed E-state index contributed by atoms with van der Waals surface area (Å²) in [5.41, 5.74) is 2.53. The molecule has 82 valence electrons. The standard InChI is InChI=1S/C14H20O/c1-5-6-9-15-14-10-13(11(2)3)8-7-12(14)4/h5-8,10-11H,9H2,1-4H3/b6-5+. The number of allylic oxidation sites excluding steroid dienone is 1. The zero-order chi connectivity index (χ0) is 11.3. The van der Waals surface area contributed by atoms with Crippen molar-refractivity contribution in [2.75, 3.05) is 6.61 Å². The van der Waals surface area contributed by atoms with Crippen molar-refractivity contribution in [3.05, 3.63) is 41.5 Å². The Morgan fingerprint density at radius 2 is 2.07 bits per heavy atom. The predicted octanol–water partition coefficient (Wildman–Crippen LogP) is 4.07. The van der Waals surface area contributed by atoms with Crippen molar-refractivity contribution in [2.24, 2.45) is 0 Å². The van der Waals surface area contributed by atoms with Crippen LogP contribution in [-0.4, -0.2) is 6.61 Å². The van der Waals surface area contributed by atoms with Crippen LogP contribution in [0.15, 0.2) is 30.4 Å². The van der Waals surface area contributed by atoms with Crippen LogP contribution in [0.4, 0.5) is 0 Å². The summed E-state index contributed by atoms with van der Waals surface area (Å²) >= 11 is 0. The van der Waals surface area contributed by atoms with Gasteiger partial charge in [-0.1, -0.05) is 38.1 Å². The van der Waals surface area contributed by atoms with Crippen LogP contribution in [0.2, 0.25) is 0 Å². The van der Waals surface area contributed by atoms with Crippen molar-refractivity contribution in [3.8, 4) is 5.75 Å². The molecule has 0 saturated carbocycles. The molecule has 0 aromatic heterocycles. The Morgan fingerprint density at radius 1 is 1.33 bits per heavy atom. The summed E-state index contributed by atoms with van der Waals surface area (Å²) in [4.78, 5) is 0. The molecule has 0 fully saturated rings. The molecule has 0 aliphatic heterocycles. The molecule has 15 heavy (non-hydrogen) atoms. The normalized spacial score (nSPS) is 11.3. The van der Waals surface area contributed by atoms with E-state index in [9.17, 15) is 0 Å². The van der Waals surface area contributed by atoms with Gasteiger partial charge in [0.05, 0.1) is 0 Å². The maximum Gasteiger partial charge on any atom is 0.122 e. The monoisotopic (exact) mass is 204 g/mol. The fourth-order valence-electron chi connectivity index (χ4n) is 1.37. The molecular weight excluding hydrogens is 184 g/mol. The summed E-state index contributed by atoms with van der Waals surface area (Å²) in [5.74, 6) is 1.55. The van der Waals surface area contributed by atoms with Crippen LogP contribution in [-0.2, 0) is 0 Å². The molecule has 0 bridgehead atoms. The number of ether oxygens (including phenoxy) is 1. The first-order valence-corrected chi connectivity index (χ1v) is 5.49. The molecule has 0 aliphatic carbocycles. The second-order valence-corrected chi connectivity index (χ2v) is 4.06. The summed E-state index contributed by atoms with van der Waals surface area (Å²) in [7, 11) is 0. The molecule has 1 aromatic carbocycles. The van der Waals surface area contributed by atoms with Gasteiger partial charge >= 0.3 is 0 Å². The zero-order valence-corrected chi connectivity index (χ0v) is 10.1. The van der Waals surface area contributed by atoms with E-state index in [0.717, 1.165) is 5.75 Å². The molecular formula is C14H20O. The van der Waals surface area contributed by atoms with Crippen LogP contribution in [0.3, 0.4) is 0 Å². The van der Waals surface area contributed by atoms with Crippen LogP contribution in [0, 0.1) is 6.92 Å².